The molecule has 1 aromatic carbocycles. The number of esters is 1. The summed E-state index contributed by atoms with van der Waals surface area (Å²) in [6, 6.07) is 7.36. The number of carbonyl (C=O) groups is 2. The highest BCUT2D eigenvalue weighted by Gasteiger charge is 2.38. The maximum Gasteiger partial charge on any atom is 0.338 e. The Morgan fingerprint density at radius 3 is 2.36 bits per heavy atom. The van der Waals surface area contributed by atoms with Crippen LogP contribution < -0.4 is 5.32 Å². The molecule has 1 aromatic rings. The van der Waals surface area contributed by atoms with Gasteiger partial charge in [0, 0.05) is 45.0 Å². The third-order valence-corrected chi connectivity index (χ3v) is 6.32. The van der Waals surface area contributed by atoms with E-state index < -0.39 is 6.04 Å². The van der Waals surface area contributed by atoms with Crippen molar-refractivity contribution in [1.29, 1.82) is 0 Å². The van der Waals surface area contributed by atoms with E-state index in [2.05, 4.69) is 61.6 Å². The maximum absolute atomic E-state index is 13.3. The van der Waals surface area contributed by atoms with Crippen LogP contribution in [-0.4, -0.2) is 79.6 Å². The Bertz CT molecular complexity index is 893. The van der Waals surface area contributed by atoms with E-state index in [1.54, 1.807) is 17.9 Å². The molecular formula is C26H38N4O3. The Morgan fingerprint density at radius 1 is 1.18 bits per heavy atom. The van der Waals surface area contributed by atoms with Crippen molar-refractivity contribution < 1.29 is 14.3 Å². The molecule has 3 rings (SSSR count). The van der Waals surface area contributed by atoms with Crippen molar-refractivity contribution >= 4 is 12.0 Å². The van der Waals surface area contributed by atoms with Crippen LogP contribution in [0.2, 0.25) is 0 Å². The van der Waals surface area contributed by atoms with Crippen molar-refractivity contribution in [2.75, 3.05) is 52.9 Å². The summed E-state index contributed by atoms with van der Waals surface area (Å²) in [4.78, 5) is 32.6. The summed E-state index contributed by atoms with van der Waals surface area (Å²) in [5.74, 6) is -0.388. The average Bonchev–Trinajstić information content (AvgIpc) is 2.77. The Hall–Kier alpha value is -2.64. The van der Waals surface area contributed by atoms with Crippen molar-refractivity contribution in [3.05, 3.63) is 59.3 Å². The Balaban J connectivity index is 2.06. The average molecular weight is 455 g/mol. The van der Waals surface area contributed by atoms with Crippen LogP contribution >= 0.6 is 0 Å². The number of hydrogen-bond acceptors (Lipinski definition) is 5. The van der Waals surface area contributed by atoms with Crippen LogP contribution in [0.3, 0.4) is 0 Å². The number of carbonyl (C=O) groups excluding carboxylic acids is 2. The summed E-state index contributed by atoms with van der Waals surface area (Å²) >= 11 is 0. The lowest BCUT2D eigenvalue weighted by Gasteiger charge is -2.40. The molecule has 1 atom stereocenters. The number of rotatable bonds is 7. The van der Waals surface area contributed by atoms with Crippen LogP contribution in [0, 0.1) is 0 Å². The lowest BCUT2D eigenvalue weighted by atomic mass is 9.85. The highest BCUT2D eigenvalue weighted by molar-refractivity contribution is 5.95. The van der Waals surface area contributed by atoms with Crippen LogP contribution in [0.5, 0.6) is 0 Å². The number of amides is 2. The van der Waals surface area contributed by atoms with Gasteiger partial charge in [-0.25, -0.2) is 9.59 Å². The summed E-state index contributed by atoms with van der Waals surface area (Å²) in [7, 11) is 2.11. The van der Waals surface area contributed by atoms with Gasteiger partial charge in [-0.1, -0.05) is 51.1 Å². The molecule has 0 saturated carbocycles. The predicted molar refractivity (Wildman–Crippen MR) is 131 cm³/mol. The van der Waals surface area contributed by atoms with Crippen LogP contribution in [0.25, 0.3) is 0 Å². The molecule has 2 heterocycles. The van der Waals surface area contributed by atoms with E-state index in [0.29, 0.717) is 24.4 Å². The normalized spacial score (nSPS) is 20.6. The van der Waals surface area contributed by atoms with Gasteiger partial charge in [0.2, 0.25) is 0 Å². The van der Waals surface area contributed by atoms with E-state index in [-0.39, 0.29) is 24.0 Å². The molecule has 0 radical (unpaired) electrons. The second-order valence-corrected chi connectivity index (χ2v) is 9.81. The Morgan fingerprint density at radius 2 is 1.82 bits per heavy atom. The van der Waals surface area contributed by atoms with Gasteiger partial charge < -0.3 is 15.0 Å². The zero-order chi connectivity index (χ0) is 24.2. The minimum Gasteiger partial charge on any atom is -0.463 e. The number of likely N-dealkylation sites (N-methyl/N-ethyl adjacent to an activating group) is 1. The number of benzene rings is 1. The van der Waals surface area contributed by atoms with Crippen LogP contribution in [0.15, 0.2) is 48.2 Å². The van der Waals surface area contributed by atoms with E-state index in [1.165, 1.54) is 5.56 Å². The van der Waals surface area contributed by atoms with E-state index in [9.17, 15) is 9.59 Å². The second-order valence-electron chi connectivity index (χ2n) is 9.81. The third-order valence-electron chi connectivity index (χ3n) is 6.32. The molecule has 7 nitrogen and oxygen atoms in total. The standard InChI is InChI=1S/C26H38N4O3/c1-7-13-30-21(18-29-16-14-28(6)15-17-29)22(24(31)33-8-2)23(27-25(30)32)19-9-11-20(12-10-19)26(3,4)5/h7,9-12,23H,1,8,13-18H2,2-6H3,(H,27,32). The van der Waals surface area contributed by atoms with Crippen molar-refractivity contribution in [2.24, 2.45) is 0 Å². The topological polar surface area (TPSA) is 65.1 Å². The zero-order valence-electron chi connectivity index (χ0n) is 20.7. The molecule has 2 aliphatic rings. The van der Waals surface area contributed by atoms with E-state index in [1.807, 2.05) is 12.1 Å². The lowest BCUT2D eigenvalue weighted by molar-refractivity contribution is -0.139. The smallest absolute Gasteiger partial charge is 0.338 e. The minimum atomic E-state index is -0.561. The van der Waals surface area contributed by atoms with E-state index in [0.717, 1.165) is 31.7 Å². The molecule has 0 aliphatic carbocycles. The largest absolute Gasteiger partial charge is 0.463 e. The lowest BCUT2D eigenvalue weighted by Crippen LogP contribution is -2.52. The quantitative estimate of drug-likeness (QED) is 0.506. The molecule has 180 valence electrons. The predicted octanol–water partition coefficient (Wildman–Crippen LogP) is 3.30. The fourth-order valence-electron chi connectivity index (χ4n) is 4.29. The molecular weight excluding hydrogens is 416 g/mol. The van der Waals surface area contributed by atoms with Gasteiger partial charge in [-0.05, 0) is 30.5 Å². The number of ether oxygens (including phenoxy) is 1. The van der Waals surface area contributed by atoms with Gasteiger partial charge in [-0.15, -0.1) is 6.58 Å². The molecule has 1 unspecified atom stereocenters. The molecule has 2 aliphatic heterocycles. The molecule has 2 amide bonds. The molecule has 0 bridgehead atoms. The summed E-state index contributed by atoms with van der Waals surface area (Å²) < 4.78 is 5.48. The summed E-state index contributed by atoms with van der Waals surface area (Å²) in [5, 5.41) is 3.04. The number of urea groups is 1. The third kappa shape index (κ3) is 5.84. The number of hydrogen-bond donors (Lipinski definition) is 1. The van der Waals surface area contributed by atoms with Crippen LogP contribution in [0.4, 0.5) is 4.79 Å². The zero-order valence-corrected chi connectivity index (χ0v) is 20.7. The summed E-state index contributed by atoms with van der Waals surface area (Å²) in [6.07, 6.45) is 1.69. The fourth-order valence-corrected chi connectivity index (χ4v) is 4.29. The van der Waals surface area contributed by atoms with Crippen LogP contribution in [0.1, 0.15) is 44.9 Å². The molecule has 1 saturated heterocycles. The Kier molecular flexibility index (Phi) is 7.97. The SMILES string of the molecule is C=CCN1C(=O)NC(c2ccc(C(C)(C)C)cc2)C(C(=O)OCC)=C1CN1CCN(C)CC1. The first-order valence-electron chi connectivity index (χ1n) is 11.8. The van der Waals surface area contributed by atoms with Gasteiger partial charge in [0.05, 0.1) is 18.2 Å². The molecule has 1 N–H and O–H groups in total. The molecule has 7 heteroatoms. The second kappa shape index (κ2) is 10.5. The Labute approximate surface area is 198 Å². The van der Waals surface area contributed by atoms with E-state index in [4.69, 9.17) is 4.74 Å². The van der Waals surface area contributed by atoms with Crippen molar-refractivity contribution in [3.8, 4) is 0 Å². The number of nitrogens with one attached hydrogen (secondary N) is 1. The van der Waals surface area contributed by atoms with Gasteiger partial charge in [0.1, 0.15) is 0 Å². The number of nitrogens with zero attached hydrogens (tertiary/aromatic N) is 3. The number of piperazine rings is 1. The molecule has 1 fully saturated rings. The first kappa shape index (κ1) is 25.0. The monoisotopic (exact) mass is 454 g/mol. The van der Waals surface area contributed by atoms with E-state index >= 15 is 0 Å². The van der Waals surface area contributed by atoms with Crippen molar-refractivity contribution in [3.63, 3.8) is 0 Å². The van der Waals surface area contributed by atoms with Gasteiger partial charge in [-0.3, -0.25) is 9.80 Å². The first-order chi connectivity index (χ1) is 15.7. The first-order valence-corrected chi connectivity index (χ1v) is 11.8. The van der Waals surface area contributed by atoms with Crippen molar-refractivity contribution in [1.82, 2.24) is 20.0 Å². The fraction of sp³-hybridized carbons (Fsp3) is 0.538. The molecule has 0 spiro atoms. The van der Waals surface area contributed by atoms with Crippen molar-refractivity contribution in [2.45, 2.75) is 39.2 Å². The van der Waals surface area contributed by atoms with Gasteiger partial charge in [-0.2, -0.15) is 0 Å². The highest BCUT2D eigenvalue weighted by atomic mass is 16.5. The maximum atomic E-state index is 13.3. The van der Waals surface area contributed by atoms with Gasteiger partial charge in [0.25, 0.3) is 0 Å². The summed E-state index contributed by atoms with van der Waals surface area (Å²) in [5.41, 5.74) is 3.28. The van der Waals surface area contributed by atoms with Gasteiger partial charge >= 0.3 is 12.0 Å². The highest BCUT2D eigenvalue weighted by Crippen LogP contribution is 2.33. The van der Waals surface area contributed by atoms with Gasteiger partial charge in [0.15, 0.2) is 0 Å². The molecule has 33 heavy (non-hydrogen) atoms. The van der Waals surface area contributed by atoms with Crippen LogP contribution in [-0.2, 0) is 14.9 Å². The molecule has 0 aromatic heterocycles. The minimum absolute atomic E-state index is 0.0154. The summed E-state index contributed by atoms with van der Waals surface area (Å²) in [6.45, 7) is 16.9.